The Balaban J connectivity index is 1.39. The summed E-state index contributed by atoms with van der Waals surface area (Å²) in [5, 5.41) is 14.0. The van der Waals surface area contributed by atoms with Crippen molar-refractivity contribution in [3.63, 3.8) is 0 Å². The number of alkyl halides is 1. The van der Waals surface area contributed by atoms with Gasteiger partial charge in [0.2, 0.25) is 0 Å². The third-order valence-electron chi connectivity index (χ3n) is 8.75. The van der Waals surface area contributed by atoms with Crippen LogP contribution in [0.1, 0.15) is 31.2 Å². The molecule has 3 aliphatic rings. The number of hydrogen-bond donors (Lipinski definition) is 3. The molecule has 0 bridgehead atoms. The lowest BCUT2D eigenvalue weighted by molar-refractivity contribution is 0.107. The Morgan fingerprint density at radius 2 is 2.14 bits per heavy atom. The SMILES string of the molecule is C#Cc1c(F)ccc2cc(O)cc(-c3[nH]c(=O)c4c(NC5CCOC5)nc(OC[C@@]56CCCN5C[C@H](F)C6)nc4c3F)c12. The molecule has 12 heteroatoms. The van der Waals surface area contributed by atoms with Crippen molar-refractivity contribution in [3.05, 3.63) is 51.8 Å². The molecule has 0 saturated carbocycles. The van der Waals surface area contributed by atoms with E-state index in [1.807, 2.05) is 0 Å². The molecule has 2 aromatic heterocycles. The summed E-state index contributed by atoms with van der Waals surface area (Å²) in [6.45, 7) is 2.08. The van der Waals surface area contributed by atoms with Crippen LogP contribution in [0.3, 0.4) is 0 Å². The number of halogens is 3. The van der Waals surface area contributed by atoms with Gasteiger partial charge in [0.15, 0.2) is 5.82 Å². The molecule has 4 aromatic rings. The van der Waals surface area contributed by atoms with Gasteiger partial charge in [0, 0.05) is 30.5 Å². The number of terminal acetylenes is 1. The van der Waals surface area contributed by atoms with Gasteiger partial charge < -0.3 is 24.9 Å². The van der Waals surface area contributed by atoms with E-state index in [1.165, 1.54) is 18.2 Å². The van der Waals surface area contributed by atoms with Crippen molar-refractivity contribution >= 4 is 27.5 Å². The summed E-state index contributed by atoms with van der Waals surface area (Å²) in [5.74, 6) is 0.458. The smallest absolute Gasteiger partial charge is 0.319 e. The number of aromatic nitrogens is 3. The monoisotopic (exact) mass is 591 g/mol. The fourth-order valence-corrected chi connectivity index (χ4v) is 6.77. The molecule has 3 N–H and O–H groups in total. The number of anilines is 1. The highest BCUT2D eigenvalue weighted by molar-refractivity contribution is 6.02. The summed E-state index contributed by atoms with van der Waals surface area (Å²) < 4.78 is 57.1. The van der Waals surface area contributed by atoms with Crippen molar-refractivity contribution in [3.8, 4) is 35.4 Å². The average molecular weight is 592 g/mol. The maximum Gasteiger partial charge on any atom is 0.319 e. The zero-order valence-electron chi connectivity index (χ0n) is 23.1. The molecule has 3 saturated heterocycles. The van der Waals surface area contributed by atoms with E-state index >= 15 is 4.39 Å². The van der Waals surface area contributed by atoms with Gasteiger partial charge >= 0.3 is 6.01 Å². The predicted octanol–water partition coefficient (Wildman–Crippen LogP) is 4.26. The lowest BCUT2D eigenvalue weighted by Gasteiger charge is -2.30. The van der Waals surface area contributed by atoms with Crippen LogP contribution in [0.2, 0.25) is 0 Å². The number of fused-ring (bicyclic) bond motifs is 3. The number of pyridine rings is 1. The third-order valence-corrected chi connectivity index (χ3v) is 8.75. The summed E-state index contributed by atoms with van der Waals surface area (Å²) in [5.41, 5.74) is -2.05. The lowest BCUT2D eigenvalue weighted by Crippen LogP contribution is -2.43. The van der Waals surface area contributed by atoms with Gasteiger partial charge in [-0.3, -0.25) is 9.69 Å². The Labute approximate surface area is 244 Å². The topological polar surface area (TPSA) is 113 Å². The van der Waals surface area contributed by atoms with Gasteiger partial charge in [-0.2, -0.15) is 9.97 Å². The quantitative estimate of drug-likeness (QED) is 0.285. The number of nitrogens with zero attached hydrogens (tertiary/aromatic N) is 3. The highest BCUT2D eigenvalue weighted by Gasteiger charge is 2.49. The van der Waals surface area contributed by atoms with Gasteiger partial charge in [0.05, 0.1) is 29.4 Å². The molecule has 43 heavy (non-hydrogen) atoms. The summed E-state index contributed by atoms with van der Waals surface area (Å²) in [4.78, 5) is 27.0. The number of phenolic OH excluding ortho intramolecular Hbond substituents is 1. The summed E-state index contributed by atoms with van der Waals surface area (Å²) in [6.07, 6.45) is 7.27. The largest absolute Gasteiger partial charge is 0.508 e. The second-order valence-electron chi connectivity index (χ2n) is 11.4. The van der Waals surface area contributed by atoms with Crippen LogP contribution in [0.25, 0.3) is 32.9 Å². The zero-order chi connectivity index (χ0) is 29.9. The van der Waals surface area contributed by atoms with Crippen molar-refractivity contribution in [1.29, 1.82) is 0 Å². The van der Waals surface area contributed by atoms with Crippen LogP contribution in [0.4, 0.5) is 19.0 Å². The summed E-state index contributed by atoms with van der Waals surface area (Å²) >= 11 is 0. The van der Waals surface area contributed by atoms with Crippen molar-refractivity contribution in [2.75, 3.05) is 38.2 Å². The van der Waals surface area contributed by atoms with E-state index in [0.29, 0.717) is 38.0 Å². The molecule has 7 rings (SSSR count). The number of H-pyrrole nitrogens is 1. The first kappa shape index (κ1) is 27.5. The van der Waals surface area contributed by atoms with Crippen LogP contribution in [0.15, 0.2) is 29.1 Å². The maximum atomic E-state index is 16.6. The first-order valence-electron chi connectivity index (χ1n) is 14.2. The number of hydrogen-bond acceptors (Lipinski definition) is 8. The van der Waals surface area contributed by atoms with E-state index < -0.39 is 28.9 Å². The number of ether oxygens (including phenoxy) is 2. The van der Waals surface area contributed by atoms with Gasteiger partial charge in [-0.1, -0.05) is 12.0 Å². The van der Waals surface area contributed by atoms with Gasteiger partial charge in [0.1, 0.15) is 41.1 Å². The van der Waals surface area contributed by atoms with E-state index in [9.17, 15) is 18.7 Å². The Morgan fingerprint density at radius 1 is 1.28 bits per heavy atom. The van der Waals surface area contributed by atoms with Gasteiger partial charge in [0.25, 0.3) is 5.56 Å². The summed E-state index contributed by atoms with van der Waals surface area (Å²) in [6, 6.07) is 4.77. The Kier molecular flexibility index (Phi) is 6.67. The van der Waals surface area contributed by atoms with E-state index in [-0.39, 0.29) is 63.3 Å². The zero-order valence-corrected chi connectivity index (χ0v) is 23.1. The highest BCUT2D eigenvalue weighted by atomic mass is 19.1. The molecule has 0 aliphatic carbocycles. The number of nitrogens with one attached hydrogen (secondary N) is 2. The molecule has 0 amide bonds. The molecule has 222 valence electrons. The highest BCUT2D eigenvalue weighted by Crippen LogP contribution is 2.41. The standard InChI is InChI=1S/C31H28F3N5O4/c1-2-20-22(33)5-4-16-10-19(40)11-21(23(16)20)26-25(34)27-24(29(41)36-26)28(35-18-6-9-42-14-18)38-30(37-27)43-15-31-7-3-8-39(31)13-17(32)12-31/h1,4-5,10-11,17-18,40H,3,6-9,12-15H2,(H,36,41)(H,35,37,38)/t17-,18?,31+/m1/s1. The number of aromatic hydroxyl groups is 1. The van der Waals surface area contributed by atoms with Crippen LogP contribution >= 0.6 is 0 Å². The lowest BCUT2D eigenvalue weighted by atomic mass is 9.95. The molecule has 0 spiro atoms. The maximum absolute atomic E-state index is 16.6. The van der Waals surface area contributed by atoms with Gasteiger partial charge in [-0.15, -0.1) is 6.42 Å². The van der Waals surface area contributed by atoms with Crippen molar-refractivity contribution in [1.82, 2.24) is 19.9 Å². The molecular formula is C31H28F3N5O4. The molecule has 5 heterocycles. The Morgan fingerprint density at radius 3 is 2.93 bits per heavy atom. The minimum absolute atomic E-state index is 0.0147. The van der Waals surface area contributed by atoms with E-state index in [2.05, 4.69) is 31.1 Å². The van der Waals surface area contributed by atoms with Crippen LogP contribution in [0.5, 0.6) is 11.8 Å². The van der Waals surface area contributed by atoms with Crippen molar-refractivity contribution < 1.29 is 27.8 Å². The van der Waals surface area contributed by atoms with Crippen LogP contribution in [0, 0.1) is 24.0 Å². The molecule has 3 fully saturated rings. The average Bonchev–Trinajstić information content (AvgIpc) is 3.70. The van der Waals surface area contributed by atoms with Gasteiger partial charge in [-0.05, 0) is 49.4 Å². The second kappa shape index (κ2) is 10.4. The molecule has 0 radical (unpaired) electrons. The number of benzene rings is 2. The van der Waals surface area contributed by atoms with Gasteiger partial charge in [-0.25, -0.2) is 13.2 Å². The number of rotatable bonds is 6. The van der Waals surface area contributed by atoms with Crippen molar-refractivity contribution in [2.45, 2.75) is 43.4 Å². The van der Waals surface area contributed by atoms with Crippen molar-refractivity contribution in [2.24, 2.45) is 0 Å². The number of aromatic amines is 1. The van der Waals surface area contributed by atoms with Crippen LogP contribution in [-0.4, -0.2) is 75.6 Å². The second-order valence-corrected chi connectivity index (χ2v) is 11.4. The Bertz CT molecular complexity index is 1870. The molecule has 9 nitrogen and oxygen atoms in total. The minimum atomic E-state index is -0.963. The first-order valence-corrected chi connectivity index (χ1v) is 14.2. The van der Waals surface area contributed by atoms with E-state index in [1.54, 1.807) is 0 Å². The third kappa shape index (κ3) is 4.63. The van der Waals surface area contributed by atoms with E-state index in [4.69, 9.17) is 15.9 Å². The normalized spacial score (nSPS) is 23.6. The molecule has 1 unspecified atom stereocenters. The predicted molar refractivity (Wildman–Crippen MR) is 154 cm³/mol. The summed E-state index contributed by atoms with van der Waals surface area (Å²) in [7, 11) is 0. The first-order chi connectivity index (χ1) is 20.8. The number of phenols is 1. The minimum Gasteiger partial charge on any atom is -0.508 e. The molecule has 3 aliphatic heterocycles. The molecule has 3 atom stereocenters. The fourth-order valence-electron chi connectivity index (χ4n) is 6.77. The fraction of sp³-hybridized carbons (Fsp3) is 0.387. The molecule has 2 aromatic carbocycles. The molecular weight excluding hydrogens is 563 g/mol. The Hall–Kier alpha value is -4.34. The van der Waals surface area contributed by atoms with Crippen LogP contribution < -0.4 is 15.6 Å². The van der Waals surface area contributed by atoms with E-state index in [0.717, 1.165) is 25.5 Å². The van der Waals surface area contributed by atoms with Crippen LogP contribution in [-0.2, 0) is 4.74 Å².